The molecule has 1 atom stereocenters. The normalized spacial score (nSPS) is 16.2. The molecule has 0 N–H and O–H groups in total. The highest BCUT2D eigenvalue weighted by molar-refractivity contribution is 9.10. The summed E-state index contributed by atoms with van der Waals surface area (Å²) in [6.45, 7) is 7.37. The quantitative estimate of drug-likeness (QED) is 0.275. The maximum atomic E-state index is 11.2. The van der Waals surface area contributed by atoms with Crippen molar-refractivity contribution in [3.05, 3.63) is 94.5 Å². The molecule has 3 aromatic rings. The number of hydrogen-bond donors (Lipinski definition) is 0. The Morgan fingerprint density at radius 1 is 0.897 bits per heavy atom. The number of carbonyl (C=O) groups excluding carboxylic acids is 1. The Hall–Kier alpha value is -2.83. The number of benzene rings is 3. The fraction of sp³-hybridized carbons (Fsp3) is 0.424. The molecule has 1 unspecified atom stereocenters. The highest BCUT2D eigenvalue weighted by Crippen LogP contribution is 2.35. The minimum Gasteiger partial charge on any atom is -0.493 e. The zero-order chi connectivity index (χ0) is 28.3. The predicted molar refractivity (Wildman–Crippen MR) is 163 cm³/mol. The molecule has 3 aromatic carbocycles. The van der Waals surface area contributed by atoms with Crippen LogP contribution in [0.2, 0.25) is 0 Å². The van der Waals surface area contributed by atoms with E-state index >= 15 is 0 Å². The van der Waals surface area contributed by atoms with Crippen LogP contribution in [-0.2, 0) is 16.1 Å². The van der Waals surface area contributed by atoms with Crippen molar-refractivity contribution in [2.75, 3.05) is 27.2 Å². The van der Waals surface area contributed by atoms with E-state index in [1.807, 2.05) is 78.9 Å². The lowest BCUT2D eigenvalue weighted by Gasteiger charge is -2.20. The Bertz CT molecular complexity index is 1060. The molecule has 0 saturated carbocycles. The van der Waals surface area contributed by atoms with Crippen molar-refractivity contribution >= 4 is 21.9 Å². The smallest absolute Gasteiger partial charge is 0.306 e. The largest absolute Gasteiger partial charge is 0.493 e. The highest BCUT2D eigenvalue weighted by Gasteiger charge is 2.25. The first-order chi connectivity index (χ1) is 19.0. The van der Waals surface area contributed by atoms with Gasteiger partial charge in [-0.3, -0.25) is 4.79 Å². The van der Waals surface area contributed by atoms with Crippen molar-refractivity contribution in [3.8, 4) is 11.5 Å². The fourth-order valence-corrected chi connectivity index (χ4v) is 4.27. The van der Waals surface area contributed by atoms with Gasteiger partial charge in [0.2, 0.25) is 0 Å². The molecule has 39 heavy (non-hydrogen) atoms. The Balaban J connectivity index is 0.000000254. The second kappa shape index (κ2) is 19.3. The maximum Gasteiger partial charge on any atom is 0.306 e. The minimum absolute atomic E-state index is 0.145. The summed E-state index contributed by atoms with van der Waals surface area (Å²) in [5.74, 6) is 1.18. The van der Waals surface area contributed by atoms with Gasteiger partial charge >= 0.3 is 5.97 Å². The van der Waals surface area contributed by atoms with Gasteiger partial charge < -0.3 is 19.1 Å². The third kappa shape index (κ3) is 13.2. The van der Waals surface area contributed by atoms with Gasteiger partial charge in [-0.1, -0.05) is 97.2 Å². The van der Waals surface area contributed by atoms with Crippen molar-refractivity contribution < 1.29 is 19.0 Å². The van der Waals surface area contributed by atoms with Gasteiger partial charge in [0, 0.05) is 10.9 Å². The van der Waals surface area contributed by atoms with E-state index < -0.39 is 0 Å². The van der Waals surface area contributed by atoms with Crippen LogP contribution in [0.25, 0.3) is 0 Å². The van der Waals surface area contributed by atoms with E-state index in [0.717, 1.165) is 15.6 Å². The number of esters is 1. The zero-order valence-electron chi connectivity index (χ0n) is 23.9. The monoisotopic (exact) mass is 597 g/mol. The van der Waals surface area contributed by atoms with Crippen LogP contribution >= 0.6 is 15.9 Å². The molecule has 5 rings (SSSR count). The van der Waals surface area contributed by atoms with Crippen LogP contribution in [0.15, 0.2) is 83.3 Å². The lowest BCUT2D eigenvalue weighted by molar-refractivity contribution is -0.141. The highest BCUT2D eigenvalue weighted by atomic mass is 79.9. The van der Waals surface area contributed by atoms with Crippen LogP contribution in [0.3, 0.4) is 0 Å². The van der Waals surface area contributed by atoms with Crippen molar-refractivity contribution in [1.29, 1.82) is 0 Å². The number of nitrogens with zero attached hydrogens (tertiary/aromatic N) is 1. The standard InChI is InChI=1S/C18H18O4.C6H5Br.C6H13N.C3H8/c1-20-17-11-14(15-9-10-18(19)22-15)7-8-16(17)21-12-13-5-3-2-4-6-13;7-6-4-2-1-3-5-6;1-7-5-3-2-4-6-7;1-3-2/h2-8,11,15H,9-10,12H2,1H3;1-5H;2-6H2,1H3;3H2,1-2H3. The van der Waals surface area contributed by atoms with E-state index in [2.05, 4.69) is 41.7 Å². The van der Waals surface area contributed by atoms with E-state index in [-0.39, 0.29) is 12.1 Å². The van der Waals surface area contributed by atoms with Gasteiger partial charge in [0.05, 0.1) is 7.11 Å². The molecule has 2 saturated heterocycles. The van der Waals surface area contributed by atoms with Crippen molar-refractivity contribution in [2.45, 2.75) is 65.1 Å². The number of hydrogen-bond acceptors (Lipinski definition) is 5. The second-order valence-electron chi connectivity index (χ2n) is 9.57. The first-order valence-corrected chi connectivity index (χ1v) is 14.7. The van der Waals surface area contributed by atoms with Gasteiger partial charge in [0.25, 0.3) is 0 Å². The maximum absolute atomic E-state index is 11.2. The summed E-state index contributed by atoms with van der Waals surface area (Å²) in [5, 5.41) is 0. The molecule has 2 heterocycles. The van der Waals surface area contributed by atoms with Crippen LogP contribution in [0.1, 0.15) is 69.6 Å². The number of methoxy groups -OCH3 is 1. The molecule has 0 aliphatic carbocycles. The molecule has 0 spiro atoms. The van der Waals surface area contributed by atoms with E-state index in [0.29, 0.717) is 30.9 Å². The average molecular weight is 599 g/mol. The third-order valence-electron chi connectivity index (χ3n) is 5.99. The van der Waals surface area contributed by atoms with E-state index in [1.54, 1.807) is 7.11 Å². The zero-order valence-corrected chi connectivity index (χ0v) is 25.5. The number of cyclic esters (lactones) is 1. The number of likely N-dealkylation sites (tertiary alicyclic amines) is 1. The van der Waals surface area contributed by atoms with Gasteiger partial charge in [-0.05, 0) is 74.8 Å². The Morgan fingerprint density at radius 3 is 1.97 bits per heavy atom. The summed E-state index contributed by atoms with van der Waals surface area (Å²) in [4.78, 5) is 13.6. The van der Waals surface area contributed by atoms with Gasteiger partial charge in [-0.25, -0.2) is 0 Å². The van der Waals surface area contributed by atoms with Crippen LogP contribution < -0.4 is 9.47 Å². The van der Waals surface area contributed by atoms with Crippen LogP contribution in [0.5, 0.6) is 11.5 Å². The summed E-state index contributed by atoms with van der Waals surface area (Å²) < 4.78 is 17.6. The average Bonchev–Trinajstić information content (AvgIpc) is 3.40. The van der Waals surface area contributed by atoms with Crippen LogP contribution in [-0.4, -0.2) is 38.1 Å². The summed E-state index contributed by atoms with van der Waals surface area (Å²) in [5.41, 5.74) is 2.04. The predicted octanol–water partition coefficient (Wildman–Crippen LogP) is 8.62. The number of ether oxygens (including phenoxy) is 3. The summed E-state index contributed by atoms with van der Waals surface area (Å²) in [7, 11) is 3.80. The van der Waals surface area contributed by atoms with Gasteiger partial charge in [-0.2, -0.15) is 0 Å². The molecule has 2 aliphatic rings. The molecule has 212 valence electrons. The van der Waals surface area contributed by atoms with Crippen LogP contribution in [0.4, 0.5) is 0 Å². The van der Waals surface area contributed by atoms with Crippen LogP contribution in [0, 0.1) is 0 Å². The van der Waals surface area contributed by atoms with E-state index in [1.165, 1.54) is 38.8 Å². The summed E-state index contributed by atoms with van der Waals surface area (Å²) in [6.07, 6.45) is 6.53. The lowest BCUT2D eigenvalue weighted by atomic mass is 10.1. The molecular weight excluding hydrogens is 554 g/mol. The van der Waals surface area contributed by atoms with Crippen molar-refractivity contribution in [1.82, 2.24) is 4.90 Å². The molecule has 5 nitrogen and oxygen atoms in total. The summed E-state index contributed by atoms with van der Waals surface area (Å²) >= 11 is 3.31. The van der Waals surface area contributed by atoms with Gasteiger partial charge in [0.15, 0.2) is 11.5 Å². The Morgan fingerprint density at radius 2 is 1.51 bits per heavy atom. The SMILES string of the molecule is Brc1ccccc1.CCC.CN1CCCCC1.COc1cc(C2CCC(=O)O2)ccc1OCc1ccccc1. The second-order valence-corrected chi connectivity index (χ2v) is 10.5. The third-order valence-corrected chi connectivity index (χ3v) is 6.52. The Kier molecular flexibility index (Phi) is 16.0. The molecule has 0 aromatic heterocycles. The number of carbonyl (C=O) groups is 1. The minimum atomic E-state index is -0.176. The van der Waals surface area contributed by atoms with Gasteiger partial charge in [0.1, 0.15) is 12.7 Å². The fourth-order valence-electron chi connectivity index (χ4n) is 3.97. The topological polar surface area (TPSA) is 48.0 Å². The Labute approximate surface area is 243 Å². The van der Waals surface area contributed by atoms with Crippen molar-refractivity contribution in [2.24, 2.45) is 0 Å². The number of halogens is 1. The lowest BCUT2D eigenvalue weighted by Crippen LogP contribution is -2.24. The molecule has 0 bridgehead atoms. The molecule has 2 aliphatic heterocycles. The summed E-state index contributed by atoms with van der Waals surface area (Å²) in [6, 6.07) is 25.6. The van der Waals surface area contributed by atoms with E-state index in [9.17, 15) is 4.79 Å². The van der Waals surface area contributed by atoms with Crippen molar-refractivity contribution in [3.63, 3.8) is 0 Å². The first-order valence-electron chi connectivity index (χ1n) is 13.9. The number of piperidine rings is 1. The van der Waals surface area contributed by atoms with E-state index in [4.69, 9.17) is 14.2 Å². The molecule has 0 amide bonds. The molecule has 2 fully saturated rings. The van der Waals surface area contributed by atoms with Gasteiger partial charge in [-0.15, -0.1) is 0 Å². The molecule has 0 radical (unpaired) electrons. The molecular formula is C33H44BrNO4. The molecule has 6 heteroatoms. The first kappa shape index (κ1) is 32.4. The number of rotatable bonds is 5.